The molecule has 0 radical (unpaired) electrons. The van der Waals surface area contributed by atoms with Crippen LogP contribution in [0.2, 0.25) is 0 Å². The topological polar surface area (TPSA) is 55.4 Å². The van der Waals surface area contributed by atoms with Gasteiger partial charge in [0, 0.05) is 11.3 Å². The summed E-state index contributed by atoms with van der Waals surface area (Å²) in [6, 6.07) is 14.1. The van der Waals surface area contributed by atoms with E-state index in [0.29, 0.717) is 17.7 Å². The molecule has 0 heterocycles. The fourth-order valence-electron chi connectivity index (χ4n) is 2.08. The largest absolute Gasteiger partial charge is 0.462 e. The quantitative estimate of drug-likeness (QED) is 0.642. The van der Waals surface area contributed by atoms with Crippen molar-refractivity contribution in [1.29, 1.82) is 0 Å². The maximum atomic E-state index is 12.2. The van der Waals surface area contributed by atoms with Crippen LogP contribution in [0.1, 0.15) is 46.0 Å². The van der Waals surface area contributed by atoms with Gasteiger partial charge in [-0.2, -0.15) is 0 Å². The summed E-state index contributed by atoms with van der Waals surface area (Å²) in [5, 5.41) is 2.83. The first-order chi connectivity index (χ1) is 11.1. The smallest absolute Gasteiger partial charge is 0.338 e. The number of hydrogen-bond acceptors (Lipinski definition) is 3. The molecule has 2 rings (SSSR count). The molecule has 2 aromatic rings. The summed E-state index contributed by atoms with van der Waals surface area (Å²) in [5.74, 6) is -0.564. The van der Waals surface area contributed by atoms with E-state index in [0.717, 1.165) is 24.1 Å². The van der Waals surface area contributed by atoms with Crippen molar-refractivity contribution in [2.75, 3.05) is 11.9 Å². The fourth-order valence-corrected chi connectivity index (χ4v) is 2.08. The number of hydrogen-bond donors (Lipinski definition) is 1. The lowest BCUT2D eigenvalue weighted by Crippen LogP contribution is -2.12. The highest BCUT2D eigenvalue weighted by atomic mass is 16.5. The Morgan fingerprint density at radius 1 is 1.04 bits per heavy atom. The molecule has 0 bridgehead atoms. The lowest BCUT2D eigenvalue weighted by Gasteiger charge is -2.07. The van der Waals surface area contributed by atoms with Crippen molar-refractivity contribution in [1.82, 2.24) is 0 Å². The van der Waals surface area contributed by atoms with Crippen molar-refractivity contribution in [2.24, 2.45) is 0 Å². The monoisotopic (exact) mass is 311 g/mol. The second kappa shape index (κ2) is 8.13. The number of amides is 1. The van der Waals surface area contributed by atoms with Crippen LogP contribution >= 0.6 is 0 Å². The van der Waals surface area contributed by atoms with E-state index in [9.17, 15) is 9.59 Å². The van der Waals surface area contributed by atoms with Crippen molar-refractivity contribution in [2.45, 2.75) is 26.7 Å². The van der Waals surface area contributed by atoms with Gasteiger partial charge in [-0.15, -0.1) is 0 Å². The lowest BCUT2D eigenvalue weighted by atomic mass is 10.1. The van der Waals surface area contributed by atoms with Crippen LogP contribution in [0.5, 0.6) is 0 Å². The molecule has 0 unspecified atom stereocenters. The van der Waals surface area contributed by atoms with Crippen LogP contribution < -0.4 is 5.32 Å². The third-order valence-corrected chi connectivity index (χ3v) is 3.39. The summed E-state index contributed by atoms with van der Waals surface area (Å²) < 4.78 is 5.14. The van der Waals surface area contributed by atoms with Gasteiger partial charge in [0.25, 0.3) is 5.91 Å². The third-order valence-electron chi connectivity index (χ3n) is 3.39. The standard InChI is InChI=1S/C19H21NO3/c1-3-4-12-23-19(22)16-10-8-15(9-11-16)18(21)20-17-7-5-6-14(2)13-17/h5-11,13H,3-4,12H2,1-2H3,(H,20,21). The lowest BCUT2D eigenvalue weighted by molar-refractivity contribution is 0.0499. The zero-order chi connectivity index (χ0) is 16.7. The highest BCUT2D eigenvalue weighted by Crippen LogP contribution is 2.12. The van der Waals surface area contributed by atoms with Gasteiger partial charge in [0.1, 0.15) is 0 Å². The molecule has 23 heavy (non-hydrogen) atoms. The Hall–Kier alpha value is -2.62. The number of ether oxygens (including phenoxy) is 1. The summed E-state index contributed by atoms with van der Waals surface area (Å²) in [6.45, 7) is 4.43. The first-order valence-electron chi connectivity index (χ1n) is 7.75. The van der Waals surface area contributed by atoms with E-state index < -0.39 is 0 Å². The van der Waals surface area contributed by atoms with E-state index in [4.69, 9.17) is 4.74 Å². The number of carbonyl (C=O) groups excluding carboxylic acids is 2. The van der Waals surface area contributed by atoms with Crippen LogP contribution in [0.3, 0.4) is 0 Å². The molecule has 4 heteroatoms. The average Bonchev–Trinajstić information content (AvgIpc) is 2.55. The molecule has 4 nitrogen and oxygen atoms in total. The second-order valence-corrected chi connectivity index (χ2v) is 5.39. The zero-order valence-corrected chi connectivity index (χ0v) is 13.5. The van der Waals surface area contributed by atoms with E-state index in [1.165, 1.54) is 0 Å². The summed E-state index contributed by atoms with van der Waals surface area (Å²) >= 11 is 0. The Morgan fingerprint density at radius 3 is 2.39 bits per heavy atom. The zero-order valence-electron chi connectivity index (χ0n) is 13.5. The molecular formula is C19H21NO3. The molecule has 0 fully saturated rings. The van der Waals surface area contributed by atoms with Gasteiger partial charge in [-0.05, 0) is 55.3 Å². The number of rotatable bonds is 6. The van der Waals surface area contributed by atoms with Crippen molar-refractivity contribution in [3.8, 4) is 0 Å². The molecule has 1 N–H and O–H groups in total. The van der Waals surface area contributed by atoms with Crippen molar-refractivity contribution >= 4 is 17.6 Å². The predicted octanol–water partition coefficient (Wildman–Crippen LogP) is 4.20. The molecular weight excluding hydrogens is 290 g/mol. The number of aryl methyl sites for hydroxylation is 1. The van der Waals surface area contributed by atoms with Gasteiger partial charge in [-0.1, -0.05) is 25.5 Å². The van der Waals surface area contributed by atoms with E-state index in [2.05, 4.69) is 5.32 Å². The van der Waals surface area contributed by atoms with Gasteiger partial charge >= 0.3 is 5.97 Å². The Balaban J connectivity index is 1.98. The van der Waals surface area contributed by atoms with Crippen LogP contribution in [0.4, 0.5) is 5.69 Å². The minimum atomic E-state index is -0.357. The van der Waals surface area contributed by atoms with Crippen molar-refractivity contribution < 1.29 is 14.3 Å². The minimum absolute atomic E-state index is 0.207. The summed E-state index contributed by atoms with van der Waals surface area (Å²) in [6.07, 6.45) is 1.83. The molecule has 0 aliphatic carbocycles. The first-order valence-corrected chi connectivity index (χ1v) is 7.75. The molecule has 0 atom stereocenters. The van der Waals surface area contributed by atoms with Gasteiger partial charge in [0.15, 0.2) is 0 Å². The molecule has 1 amide bonds. The highest BCUT2D eigenvalue weighted by molar-refractivity contribution is 6.04. The second-order valence-electron chi connectivity index (χ2n) is 5.39. The van der Waals surface area contributed by atoms with Crippen LogP contribution in [-0.4, -0.2) is 18.5 Å². The normalized spacial score (nSPS) is 10.2. The molecule has 0 saturated heterocycles. The number of benzene rings is 2. The molecule has 120 valence electrons. The van der Waals surface area contributed by atoms with Crippen molar-refractivity contribution in [3.63, 3.8) is 0 Å². The van der Waals surface area contributed by atoms with Crippen LogP contribution in [0.15, 0.2) is 48.5 Å². The predicted molar refractivity (Wildman–Crippen MR) is 90.8 cm³/mol. The molecule has 2 aromatic carbocycles. The summed E-state index contributed by atoms with van der Waals surface area (Å²) in [5.41, 5.74) is 2.77. The molecule has 0 saturated carbocycles. The Kier molecular flexibility index (Phi) is 5.92. The summed E-state index contributed by atoms with van der Waals surface area (Å²) in [7, 11) is 0. The highest BCUT2D eigenvalue weighted by Gasteiger charge is 2.10. The molecule has 0 aromatic heterocycles. The number of esters is 1. The van der Waals surface area contributed by atoms with Gasteiger partial charge in [0.2, 0.25) is 0 Å². The minimum Gasteiger partial charge on any atom is -0.462 e. The van der Waals surface area contributed by atoms with Gasteiger partial charge in [-0.3, -0.25) is 4.79 Å². The number of anilines is 1. The number of nitrogens with one attached hydrogen (secondary N) is 1. The number of unbranched alkanes of at least 4 members (excludes halogenated alkanes) is 1. The Labute approximate surface area is 136 Å². The van der Waals surface area contributed by atoms with Crippen LogP contribution in [0, 0.1) is 6.92 Å². The number of carbonyl (C=O) groups is 2. The van der Waals surface area contributed by atoms with Crippen molar-refractivity contribution in [3.05, 3.63) is 65.2 Å². The fraction of sp³-hybridized carbons (Fsp3) is 0.263. The van der Waals surface area contributed by atoms with Gasteiger partial charge in [-0.25, -0.2) is 4.79 Å². The SMILES string of the molecule is CCCCOC(=O)c1ccc(C(=O)Nc2cccc(C)c2)cc1. The Bertz CT molecular complexity index is 677. The molecule has 0 aliphatic heterocycles. The van der Waals surface area contributed by atoms with Gasteiger partial charge < -0.3 is 10.1 Å². The molecule has 0 aliphatic rings. The first kappa shape index (κ1) is 16.7. The third kappa shape index (κ3) is 4.95. The van der Waals surface area contributed by atoms with E-state index in [1.54, 1.807) is 24.3 Å². The van der Waals surface area contributed by atoms with Crippen LogP contribution in [0.25, 0.3) is 0 Å². The van der Waals surface area contributed by atoms with E-state index >= 15 is 0 Å². The van der Waals surface area contributed by atoms with E-state index in [1.807, 2.05) is 38.1 Å². The maximum Gasteiger partial charge on any atom is 0.338 e. The van der Waals surface area contributed by atoms with E-state index in [-0.39, 0.29) is 11.9 Å². The van der Waals surface area contributed by atoms with Crippen LogP contribution in [-0.2, 0) is 4.74 Å². The maximum absolute atomic E-state index is 12.2. The Morgan fingerprint density at radius 2 is 1.74 bits per heavy atom. The average molecular weight is 311 g/mol. The molecule has 0 spiro atoms. The summed E-state index contributed by atoms with van der Waals surface area (Å²) in [4.78, 5) is 24.0. The van der Waals surface area contributed by atoms with Gasteiger partial charge in [0.05, 0.1) is 12.2 Å².